The average molecular weight is 366 g/mol. The van der Waals surface area contributed by atoms with E-state index in [0.29, 0.717) is 5.56 Å². The number of nitrogens with one attached hydrogen (secondary N) is 1. The molecule has 2 rings (SSSR count). The summed E-state index contributed by atoms with van der Waals surface area (Å²) < 4.78 is 0.893. The van der Waals surface area contributed by atoms with Crippen molar-refractivity contribution < 1.29 is 4.79 Å². The number of carbonyl (C=O) groups is 1. The zero-order chi connectivity index (χ0) is 15.4. The molecule has 21 heavy (non-hydrogen) atoms. The van der Waals surface area contributed by atoms with Crippen LogP contribution in [0.15, 0.2) is 45.8 Å². The van der Waals surface area contributed by atoms with Gasteiger partial charge in [0.2, 0.25) is 0 Å². The Morgan fingerprint density at radius 3 is 2.67 bits per heavy atom. The fourth-order valence-electron chi connectivity index (χ4n) is 1.88. The topological polar surface area (TPSA) is 81.1 Å². The van der Waals surface area contributed by atoms with Crippen LogP contribution in [-0.4, -0.2) is 5.91 Å². The third kappa shape index (κ3) is 4.00. The molecule has 2 aromatic rings. The van der Waals surface area contributed by atoms with Gasteiger partial charge in [-0.3, -0.25) is 10.2 Å². The van der Waals surface area contributed by atoms with Crippen molar-refractivity contribution in [3.8, 4) is 0 Å². The molecule has 1 amide bonds. The van der Waals surface area contributed by atoms with E-state index in [1.54, 1.807) is 23.9 Å². The largest absolute Gasteiger partial charge is 0.399 e. The van der Waals surface area contributed by atoms with Crippen molar-refractivity contribution in [3.05, 3.63) is 57.6 Å². The fraction of sp³-hybridized carbons (Fsp3) is 0.133. The second kappa shape index (κ2) is 6.98. The van der Waals surface area contributed by atoms with Gasteiger partial charge in [-0.2, -0.15) is 0 Å². The van der Waals surface area contributed by atoms with Gasteiger partial charge in [-0.15, -0.1) is 11.8 Å². The van der Waals surface area contributed by atoms with Crippen LogP contribution < -0.4 is 17.0 Å². The number of halogens is 1. The minimum absolute atomic E-state index is 0.302. The number of benzene rings is 2. The second-order valence-corrected chi connectivity index (χ2v) is 6.46. The highest BCUT2D eigenvalue weighted by atomic mass is 79.9. The number of thioether (sulfide) groups is 1. The smallest absolute Gasteiger partial charge is 0.265 e. The van der Waals surface area contributed by atoms with Gasteiger partial charge in [0, 0.05) is 26.4 Å². The zero-order valence-electron chi connectivity index (χ0n) is 11.5. The van der Waals surface area contributed by atoms with Crippen LogP contribution in [0.25, 0.3) is 0 Å². The van der Waals surface area contributed by atoms with Gasteiger partial charge < -0.3 is 5.73 Å². The van der Waals surface area contributed by atoms with E-state index in [1.165, 1.54) is 4.90 Å². The van der Waals surface area contributed by atoms with Gasteiger partial charge in [0.25, 0.3) is 5.91 Å². The molecule has 0 bridgehead atoms. The van der Waals surface area contributed by atoms with Crippen LogP contribution in [0.4, 0.5) is 5.69 Å². The van der Waals surface area contributed by atoms with Crippen LogP contribution in [0, 0.1) is 6.92 Å². The summed E-state index contributed by atoms with van der Waals surface area (Å²) in [5, 5.41) is 0. The Morgan fingerprint density at radius 2 is 2.05 bits per heavy atom. The molecule has 0 radical (unpaired) electrons. The molecule has 6 heteroatoms. The molecule has 0 unspecified atom stereocenters. The van der Waals surface area contributed by atoms with E-state index in [4.69, 9.17) is 11.6 Å². The standard InChI is InChI=1S/C15H16BrN3OS/c1-9-6-12(17)4-5-14(9)21-8-11-3-2-10(7-13(11)16)15(20)19-18/h2-7H,8,17-18H2,1H3,(H,19,20). The summed E-state index contributed by atoms with van der Waals surface area (Å²) in [6.07, 6.45) is 0. The van der Waals surface area contributed by atoms with Crippen LogP contribution >= 0.6 is 27.7 Å². The van der Waals surface area contributed by atoms with Gasteiger partial charge in [0.05, 0.1) is 0 Å². The molecule has 0 saturated carbocycles. The van der Waals surface area contributed by atoms with Crippen LogP contribution in [0.5, 0.6) is 0 Å². The number of nitrogens with two attached hydrogens (primary N) is 2. The Kier molecular flexibility index (Phi) is 5.27. The number of amides is 1. The molecule has 0 aliphatic carbocycles. The van der Waals surface area contributed by atoms with Crippen molar-refractivity contribution in [2.45, 2.75) is 17.6 Å². The molecule has 110 valence electrons. The van der Waals surface area contributed by atoms with Gasteiger partial charge in [0.1, 0.15) is 0 Å². The van der Waals surface area contributed by atoms with Gasteiger partial charge in [0.15, 0.2) is 0 Å². The summed E-state index contributed by atoms with van der Waals surface area (Å²) in [6.45, 7) is 2.04. The summed E-state index contributed by atoms with van der Waals surface area (Å²) in [6, 6.07) is 11.4. The van der Waals surface area contributed by atoms with E-state index in [9.17, 15) is 4.79 Å². The molecular formula is C15H16BrN3OS. The lowest BCUT2D eigenvalue weighted by Crippen LogP contribution is -2.29. The van der Waals surface area contributed by atoms with Crippen molar-refractivity contribution in [2.24, 2.45) is 5.84 Å². The van der Waals surface area contributed by atoms with E-state index in [2.05, 4.69) is 21.4 Å². The molecule has 2 aromatic carbocycles. The maximum absolute atomic E-state index is 11.5. The Hall–Kier alpha value is -1.50. The molecule has 5 N–H and O–H groups in total. The number of hydrazine groups is 1. The van der Waals surface area contributed by atoms with Crippen molar-refractivity contribution in [2.75, 3.05) is 5.73 Å². The molecular weight excluding hydrogens is 350 g/mol. The number of aryl methyl sites for hydroxylation is 1. The minimum Gasteiger partial charge on any atom is -0.399 e. The van der Waals surface area contributed by atoms with Gasteiger partial charge in [-0.25, -0.2) is 5.84 Å². The number of hydrogen-bond acceptors (Lipinski definition) is 4. The Bertz CT molecular complexity index is 676. The first-order valence-electron chi connectivity index (χ1n) is 6.29. The normalized spacial score (nSPS) is 10.4. The van der Waals surface area contributed by atoms with Crippen molar-refractivity contribution in [1.82, 2.24) is 5.43 Å². The zero-order valence-corrected chi connectivity index (χ0v) is 13.9. The first-order chi connectivity index (χ1) is 10.0. The Labute approximate surface area is 136 Å². The summed E-state index contributed by atoms with van der Waals surface area (Å²) >= 11 is 5.23. The Morgan fingerprint density at radius 1 is 1.29 bits per heavy atom. The summed E-state index contributed by atoms with van der Waals surface area (Å²) in [5.74, 6) is 5.63. The van der Waals surface area contributed by atoms with E-state index >= 15 is 0 Å². The van der Waals surface area contributed by atoms with Gasteiger partial charge in [-0.05, 0) is 48.4 Å². The molecule has 4 nitrogen and oxygen atoms in total. The molecule has 0 aromatic heterocycles. The van der Waals surface area contributed by atoms with Crippen LogP contribution in [0.3, 0.4) is 0 Å². The fourth-order valence-corrected chi connectivity index (χ4v) is 3.60. The minimum atomic E-state index is -0.302. The average Bonchev–Trinajstić information content (AvgIpc) is 2.46. The quantitative estimate of drug-likeness (QED) is 0.255. The van der Waals surface area contributed by atoms with Gasteiger partial charge in [-0.1, -0.05) is 22.0 Å². The monoisotopic (exact) mass is 365 g/mol. The first kappa shape index (κ1) is 15.9. The molecule has 0 heterocycles. The van der Waals surface area contributed by atoms with E-state index in [0.717, 1.165) is 27.0 Å². The Balaban J connectivity index is 2.11. The van der Waals surface area contributed by atoms with E-state index in [1.807, 2.05) is 31.2 Å². The number of anilines is 1. The van der Waals surface area contributed by atoms with Crippen molar-refractivity contribution in [1.29, 1.82) is 0 Å². The molecule has 0 atom stereocenters. The van der Waals surface area contributed by atoms with E-state index < -0.39 is 0 Å². The molecule has 0 saturated heterocycles. The van der Waals surface area contributed by atoms with Gasteiger partial charge >= 0.3 is 0 Å². The van der Waals surface area contributed by atoms with Crippen LogP contribution in [0.2, 0.25) is 0 Å². The number of carbonyl (C=O) groups excluding carboxylic acids is 1. The highest BCUT2D eigenvalue weighted by molar-refractivity contribution is 9.10. The number of rotatable bonds is 4. The molecule has 0 aliphatic heterocycles. The maximum atomic E-state index is 11.5. The summed E-state index contributed by atoms with van der Waals surface area (Å²) in [4.78, 5) is 12.7. The summed E-state index contributed by atoms with van der Waals surface area (Å²) in [5.41, 5.74) is 11.5. The number of nitrogen functional groups attached to an aromatic ring is 2. The number of hydrogen-bond donors (Lipinski definition) is 3. The predicted molar refractivity (Wildman–Crippen MR) is 90.9 cm³/mol. The van der Waals surface area contributed by atoms with E-state index in [-0.39, 0.29) is 5.91 Å². The predicted octanol–water partition coefficient (Wildman–Crippen LogP) is 3.24. The molecule has 0 aliphatic rings. The highest BCUT2D eigenvalue weighted by Crippen LogP contribution is 2.30. The lowest BCUT2D eigenvalue weighted by molar-refractivity contribution is 0.0953. The van der Waals surface area contributed by atoms with Crippen molar-refractivity contribution >= 4 is 39.3 Å². The summed E-state index contributed by atoms with van der Waals surface area (Å²) in [7, 11) is 0. The lowest BCUT2D eigenvalue weighted by Gasteiger charge is -2.09. The molecule has 0 spiro atoms. The van der Waals surface area contributed by atoms with Crippen LogP contribution in [0.1, 0.15) is 21.5 Å². The highest BCUT2D eigenvalue weighted by Gasteiger charge is 2.08. The van der Waals surface area contributed by atoms with Crippen LogP contribution in [-0.2, 0) is 5.75 Å². The first-order valence-corrected chi connectivity index (χ1v) is 8.07. The lowest BCUT2D eigenvalue weighted by atomic mass is 10.1. The van der Waals surface area contributed by atoms with Crippen molar-refractivity contribution in [3.63, 3.8) is 0 Å². The second-order valence-electron chi connectivity index (χ2n) is 4.59. The third-order valence-electron chi connectivity index (χ3n) is 3.03. The third-order valence-corrected chi connectivity index (χ3v) is 4.99. The maximum Gasteiger partial charge on any atom is 0.265 e. The molecule has 0 fully saturated rings. The SMILES string of the molecule is Cc1cc(N)ccc1SCc1ccc(C(=O)NN)cc1Br.